The number of rotatable bonds is 3. The maximum absolute atomic E-state index is 11.3. The Hall–Kier alpha value is -0.0000000000000000763. The normalized spacial score (nSPS) is 33.3. The highest BCUT2D eigenvalue weighted by atomic mass is 32.2. The zero-order chi connectivity index (χ0) is 10.1. The minimum Gasteiger partial charge on any atom is -0.298 e. The highest BCUT2D eigenvalue weighted by Crippen LogP contribution is 2.32. The minimum atomic E-state index is -0.639. The van der Waals surface area contributed by atoms with Gasteiger partial charge in [0.1, 0.15) is 10.7 Å². The molecule has 3 nitrogen and oxygen atoms in total. The molecule has 0 radical (unpaired) electrons. The number of thiol groups is 1. The van der Waals surface area contributed by atoms with E-state index in [9.17, 15) is 9.59 Å². The molecule has 1 heterocycles. The van der Waals surface area contributed by atoms with Crippen LogP contribution in [-0.2, 0) is 9.59 Å². The van der Waals surface area contributed by atoms with Crippen molar-refractivity contribution in [3.8, 4) is 0 Å². The molecule has 1 aliphatic heterocycles. The lowest BCUT2D eigenvalue weighted by Gasteiger charge is -2.23. The van der Waals surface area contributed by atoms with Crippen LogP contribution in [0.5, 0.6) is 0 Å². The van der Waals surface area contributed by atoms with Crippen molar-refractivity contribution in [2.45, 2.75) is 24.8 Å². The molecule has 1 fully saturated rings. The van der Waals surface area contributed by atoms with Gasteiger partial charge in [-0.15, -0.1) is 11.8 Å². The van der Waals surface area contributed by atoms with Crippen molar-refractivity contribution in [1.82, 2.24) is 5.32 Å². The number of Topliss-reactive ketones (excluding diaryl/α,β-unsaturated/α-hetero) is 2. The highest BCUT2D eigenvalue weighted by Gasteiger charge is 2.43. The van der Waals surface area contributed by atoms with E-state index in [-0.39, 0.29) is 17.6 Å². The molecule has 1 saturated heterocycles. The van der Waals surface area contributed by atoms with Gasteiger partial charge in [-0.3, -0.25) is 14.9 Å². The lowest BCUT2D eigenvalue weighted by Crippen LogP contribution is -2.50. The Morgan fingerprint density at radius 1 is 1.62 bits per heavy atom. The van der Waals surface area contributed by atoms with Crippen LogP contribution in [-0.4, -0.2) is 34.0 Å². The highest BCUT2D eigenvalue weighted by molar-refractivity contribution is 8.02. The number of hydrogen-bond donors (Lipinski definition) is 2. The molecule has 0 aliphatic carbocycles. The van der Waals surface area contributed by atoms with Crippen molar-refractivity contribution in [1.29, 1.82) is 0 Å². The van der Waals surface area contributed by atoms with Crippen LogP contribution in [0.4, 0.5) is 0 Å². The third-order valence-corrected chi connectivity index (χ3v) is 4.42. The molecule has 2 atom stereocenters. The molecule has 0 aromatic rings. The number of thioether (sulfide) groups is 1. The number of carbonyl (C=O) groups is 2. The van der Waals surface area contributed by atoms with Crippen LogP contribution in [0.15, 0.2) is 0 Å². The summed E-state index contributed by atoms with van der Waals surface area (Å²) in [6.45, 7) is 3.06. The molecule has 0 bridgehead atoms. The Labute approximate surface area is 87.4 Å². The summed E-state index contributed by atoms with van der Waals surface area (Å²) in [6.07, 6.45) is 0. The molecule has 0 aromatic heterocycles. The summed E-state index contributed by atoms with van der Waals surface area (Å²) in [5, 5.41) is 3.04. The molecule has 1 N–H and O–H groups in total. The molecular weight excluding hydrogens is 206 g/mol. The number of carbonyl (C=O) groups excluding carboxylic acids is 2. The standard InChI is InChI=1S/C8H13NO2S2/c1-5(10)7-3-13-8(4-12,9-7)6(2)11/h7,9,12H,3-4H2,1-2H3/t7-,8?/m0/s1. The lowest BCUT2D eigenvalue weighted by atomic mass is 10.1. The fraction of sp³-hybridized carbons (Fsp3) is 0.750. The SMILES string of the molecule is CC(=O)[C@@H]1CSC(CS)(C(C)=O)N1. The van der Waals surface area contributed by atoms with Gasteiger partial charge in [0.25, 0.3) is 0 Å². The summed E-state index contributed by atoms with van der Waals surface area (Å²) in [4.78, 5) is 21.7. The van der Waals surface area contributed by atoms with E-state index in [0.717, 1.165) is 0 Å². The molecule has 1 unspecified atom stereocenters. The Kier molecular flexibility index (Phi) is 3.43. The number of hydrogen-bond acceptors (Lipinski definition) is 5. The summed E-state index contributed by atoms with van der Waals surface area (Å²) in [7, 11) is 0. The van der Waals surface area contributed by atoms with Crippen LogP contribution < -0.4 is 5.32 Å². The van der Waals surface area contributed by atoms with Crippen molar-refractivity contribution in [2.75, 3.05) is 11.5 Å². The fourth-order valence-corrected chi connectivity index (χ4v) is 3.09. The van der Waals surface area contributed by atoms with Gasteiger partial charge in [-0.05, 0) is 13.8 Å². The van der Waals surface area contributed by atoms with Crippen LogP contribution in [0.1, 0.15) is 13.8 Å². The van der Waals surface area contributed by atoms with E-state index in [4.69, 9.17) is 0 Å². The molecular formula is C8H13NO2S2. The van der Waals surface area contributed by atoms with Crippen LogP contribution in [0, 0.1) is 0 Å². The van der Waals surface area contributed by atoms with Crippen LogP contribution in [0.25, 0.3) is 0 Å². The molecule has 1 rings (SSSR count). The van der Waals surface area contributed by atoms with Crippen molar-refractivity contribution < 1.29 is 9.59 Å². The monoisotopic (exact) mass is 219 g/mol. The van der Waals surface area contributed by atoms with Gasteiger partial charge in [0, 0.05) is 11.5 Å². The Morgan fingerprint density at radius 2 is 2.23 bits per heavy atom. The first-order chi connectivity index (χ1) is 6.02. The van der Waals surface area contributed by atoms with E-state index in [1.807, 2.05) is 0 Å². The van der Waals surface area contributed by atoms with Crippen LogP contribution >= 0.6 is 24.4 Å². The zero-order valence-corrected chi connectivity index (χ0v) is 9.37. The van der Waals surface area contributed by atoms with Crippen LogP contribution in [0.2, 0.25) is 0 Å². The maximum atomic E-state index is 11.3. The van der Waals surface area contributed by atoms with Gasteiger partial charge in [0.05, 0.1) is 6.04 Å². The predicted octanol–water partition coefficient (Wildman–Crippen LogP) is 0.495. The molecule has 1 aliphatic rings. The Morgan fingerprint density at radius 3 is 2.46 bits per heavy atom. The van der Waals surface area contributed by atoms with Gasteiger partial charge in [-0.2, -0.15) is 12.6 Å². The first kappa shape index (κ1) is 11.1. The second kappa shape index (κ2) is 4.02. The molecule has 0 aromatic carbocycles. The summed E-state index contributed by atoms with van der Waals surface area (Å²) in [5.41, 5.74) is 0. The third kappa shape index (κ3) is 2.08. The number of ketones is 2. The Bertz CT molecular complexity index is 244. The van der Waals surface area contributed by atoms with E-state index in [2.05, 4.69) is 17.9 Å². The molecule has 0 saturated carbocycles. The summed E-state index contributed by atoms with van der Waals surface area (Å²) < 4.78 is 0. The van der Waals surface area contributed by atoms with E-state index in [1.54, 1.807) is 0 Å². The first-order valence-corrected chi connectivity index (χ1v) is 5.67. The summed E-state index contributed by atoms with van der Waals surface area (Å²) >= 11 is 5.61. The van der Waals surface area contributed by atoms with E-state index in [0.29, 0.717) is 11.5 Å². The van der Waals surface area contributed by atoms with Gasteiger partial charge < -0.3 is 0 Å². The smallest absolute Gasteiger partial charge is 0.160 e. The molecule has 74 valence electrons. The fourth-order valence-electron chi connectivity index (χ4n) is 1.22. The van der Waals surface area contributed by atoms with Gasteiger partial charge in [0.2, 0.25) is 0 Å². The zero-order valence-electron chi connectivity index (χ0n) is 7.66. The molecule has 13 heavy (non-hydrogen) atoms. The van der Waals surface area contributed by atoms with Gasteiger partial charge >= 0.3 is 0 Å². The van der Waals surface area contributed by atoms with Crippen molar-refractivity contribution in [3.63, 3.8) is 0 Å². The van der Waals surface area contributed by atoms with Crippen molar-refractivity contribution in [3.05, 3.63) is 0 Å². The topological polar surface area (TPSA) is 46.2 Å². The van der Waals surface area contributed by atoms with Crippen LogP contribution in [0.3, 0.4) is 0 Å². The van der Waals surface area contributed by atoms with Gasteiger partial charge in [-0.25, -0.2) is 0 Å². The van der Waals surface area contributed by atoms with E-state index in [1.165, 1.54) is 25.6 Å². The van der Waals surface area contributed by atoms with Crippen molar-refractivity contribution >= 4 is 36.0 Å². The van der Waals surface area contributed by atoms with Gasteiger partial charge in [0.15, 0.2) is 5.78 Å². The summed E-state index contributed by atoms with van der Waals surface area (Å²) in [5.74, 6) is 1.21. The largest absolute Gasteiger partial charge is 0.298 e. The first-order valence-electron chi connectivity index (χ1n) is 4.06. The minimum absolute atomic E-state index is 0.0382. The van der Waals surface area contributed by atoms with Crippen molar-refractivity contribution in [2.24, 2.45) is 0 Å². The lowest BCUT2D eigenvalue weighted by molar-refractivity contribution is -0.120. The van der Waals surface area contributed by atoms with E-state index >= 15 is 0 Å². The predicted molar refractivity (Wildman–Crippen MR) is 57.3 cm³/mol. The maximum Gasteiger partial charge on any atom is 0.160 e. The second-order valence-corrected chi connectivity index (χ2v) is 4.80. The average Bonchev–Trinajstić information content (AvgIpc) is 2.49. The van der Waals surface area contributed by atoms with E-state index < -0.39 is 4.87 Å². The quantitative estimate of drug-likeness (QED) is 0.678. The number of nitrogens with one attached hydrogen (secondary N) is 1. The third-order valence-electron chi connectivity index (χ3n) is 2.19. The Balaban J connectivity index is 2.74. The summed E-state index contributed by atoms with van der Waals surface area (Å²) in [6, 6.07) is -0.193. The van der Waals surface area contributed by atoms with Gasteiger partial charge in [-0.1, -0.05) is 0 Å². The second-order valence-electron chi connectivity index (χ2n) is 3.16. The molecule has 5 heteroatoms. The average molecular weight is 219 g/mol. The molecule has 0 amide bonds. The molecule has 0 spiro atoms.